The van der Waals surface area contributed by atoms with Crippen LogP contribution in [0.25, 0.3) is 0 Å². The molecule has 5 aliphatic rings. The molecular weight excluding hydrogens is 667 g/mol. The van der Waals surface area contributed by atoms with Crippen LogP contribution in [0.4, 0.5) is 28.4 Å². The Labute approximate surface area is 310 Å². The van der Waals surface area contributed by atoms with E-state index in [2.05, 4.69) is 67.9 Å². The highest BCUT2D eigenvalue weighted by Crippen LogP contribution is 2.35. The third-order valence-electron chi connectivity index (χ3n) is 11.4. The fourth-order valence-corrected chi connectivity index (χ4v) is 8.55. The standard InChI is InChI=1S/C41H49N9O3/c42-22-26(37-24-44-35-11-1-2-12-36(35)47-37)23-43-27-16-18-49(19-17-27)31-9-4-8-30(21-31)45-28-6-3-7-29(20-28)46-34-13-5-10-32-33(34)25-50(41(32)53)38-14-15-39(51)48-40(38)52/h1-2,4-5,8-13,21-23,27-29,37-38,44-47H,3,6-7,14-20,24-25,42H2,(H,48,51,52). The van der Waals surface area contributed by atoms with Crippen LogP contribution in [-0.4, -0.2) is 78.7 Å². The highest BCUT2D eigenvalue weighted by molar-refractivity contribution is 6.06. The molecule has 4 heterocycles. The van der Waals surface area contributed by atoms with Gasteiger partial charge < -0.3 is 36.8 Å². The second kappa shape index (κ2) is 15.2. The number of anilines is 5. The number of nitrogens with one attached hydrogen (secondary N) is 5. The van der Waals surface area contributed by atoms with E-state index in [0.717, 1.165) is 92.0 Å². The molecule has 0 spiro atoms. The van der Waals surface area contributed by atoms with E-state index in [0.29, 0.717) is 24.6 Å². The molecule has 7 N–H and O–H groups in total. The van der Waals surface area contributed by atoms with Gasteiger partial charge in [0.25, 0.3) is 5.91 Å². The van der Waals surface area contributed by atoms with Crippen LogP contribution < -0.4 is 37.2 Å². The number of piperidine rings is 2. The van der Waals surface area contributed by atoms with E-state index in [1.807, 2.05) is 36.5 Å². The Balaban J connectivity index is 0.837. The predicted molar refractivity (Wildman–Crippen MR) is 211 cm³/mol. The zero-order valence-electron chi connectivity index (χ0n) is 30.0. The molecule has 276 valence electrons. The van der Waals surface area contributed by atoms with Crippen LogP contribution in [0.2, 0.25) is 0 Å². The molecule has 0 bridgehead atoms. The van der Waals surface area contributed by atoms with E-state index in [9.17, 15) is 14.4 Å². The molecule has 0 radical (unpaired) electrons. The van der Waals surface area contributed by atoms with Crippen LogP contribution in [0.15, 0.2) is 83.5 Å². The molecule has 3 aromatic carbocycles. The summed E-state index contributed by atoms with van der Waals surface area (Å²) in [6.07, 6.45) is 10.4. The molecule has 12 heteroatoms. The van der Waals surface area contributed by atoms with Gasteiger partial charge in [0.1, 0.15) is 6.04 Å². The molecule has 2 saturated heterocycles. The minimum absolute atomic E-state index is 0.0757. The number of fused-ring (bicyclic) bond motifs is 2. The number of carbonyl (C=O) groups excluding carboxylic acids is 3. The van der Waals surface area contributed by atoms with Gasteiger partial charge in [-0.25, -0.2) is 0 Å². The zero-order valence-corrected chi connectivity index (χ0v) is 30.0. The van der Waals surface area contributed by atoms with Crippen LogP contribution in [0.5, 0.6) is 0 Å². The van der Waals surface area contributed by atoms with Gasteiger partial charge in [-0.15, -0.1) is 0 Å². The predicted octanol–water partition coefficient (Wildman–Crippen LogP) is 5.07. The van der Waals surface area contributed by atoms with Crippen molar-refractivity contribution in [3.63, 3.8) is 0 Å². The van der Waals surface area contributed by atoms with E-state index in [1.54, 1.807) is 11.1 Å². The van der Waals surface area contributed by atoms with Crippen molar-refractivity contribution >= 4 is 52.4 Å². The molecule has 4 atom stereocenters. The van der Waals surface area contributed by atoms with E-state index >= 15 is 0 Å². The van der Waals surface area contributed by atoms with Crippen molar-refractivity contribution in [2.45, 2.75) is 88.1 Å². The largest absolute Gasteiger partial charge is 0.404 e. The van der Waals surface area contributed by atoms with Gasteiger partial charge in [0.2, 0.25) is 11.8 Å². The molecule has 1 aliphatic carbocycles. The third-order valence-corrected chi connectivity index (χ3v) is 11.4. The third kappa shape index (κ3) is 7.53. The van der Waals surface area contributed by atoms with E-state index in [4.69, 9.17) is 10.7 Å². The highest BCUT2D eigenvalue weighted by Gasteiger charge is 2.40. The van der Waals surface area contributed by atoms with Crippen molar-refractivity contribution in [1.82, 2.24) is 10.2 Å². The second-order valence-electron chi connectivity index (χ2n) is 14.9. The number of carbonyl (C=O) groups is 3. The lowest BCUT2D eigenvalue weighted by Gasteiger charge is -2.34. The maximum absolute atomic E-state index is 13.3. The molecule has 1 saturated carbocycles. The summed E-state index contributed by atoms with van der Waals surface area (Å²) >= 11 is 0. The molecule has 3 amide bonds. The number of nitrogens with two attached hydrogens (primary N) is 1. The second-order valence-corrected chi connectivity index (χ2v) is 14.9. The van der Waals surface area contributed by atoms with Gasteiger partial charge in [-0.2, -0.15) is 0 Å². The van der Waals surface area contributed by atoms with Gasteiger partial charge in [-0.05, 0) is 87.4 Å². The van der Waals surface area contributed by atoms with Gasteiger partial charge >= 0.3 is 0 Å². The smallest absolute Gasteiger partial charge is 0.255 e. The number of nitrogens with zero attached hydrogens (tertiary/aromatic N) is 3. The summed E-state index contributed by atoms with van der Waals surface area (Å²) in [6.45, 7) is 3.02. The van der Waals surface area contributed by atoms with Crippen LogP contribution in [0, 0.1) is 0 Å². The van der Waals surface area contributed by atoms with Crippen LogP contribution >= 0.6 is 0 Å². The monoisotopic (exact) mass is 715 g/mol. The Kier molecular flexibility index (Phi) is 9.92. The summed E-state index contributed by atoms with van der Waals surface area (Å²) < 4.78 is 0. The minimum Gasteiger partial charge on any atom is -0.404 e. The Morgan fingerprint density at radius 1 is 0.887 bits per heavy atom. The first-order valence-electron chi connectivity index (χ1n) is 19.1. The van der Waals surface area contributed by atoms with E-state index < -0.39 is 6.04 Å². The van der Waals surface area contributed by atoms with Gasteiger partial charge in [0.05, 0.1) is 23.5 Å². The normalized spacial score (nSPS) is 25.0. The molecule has 12 nitrogen and oxygen atoms in total. The lowest BCUT2D eigenvalue weighted by molar-refractivity contribution is -0.136. The number of benzene rings is 3. The van der Waals surface area contributed by atoms with E-state index in [-0.39, 0.29) is 42.3 Å². The number of imide groups is 1. The topological polar surface area (TPSA) is 156 Å². The molecule has 8 rings (SSSR count). The molecule has 3 fully saturated rings. The Hall–Kier alpha value is -5.52. The molecule has 4 unspecified atom stereocenters. The zero-order chi connectivity index (χ0) is 36.3. The Morgan fingerprint density at radius 3 is 2.49 bits per heavy atom. The van der Waals surface area contributed by atoms with Crippen molar-refractivity contribution in [3.8, 4) is 0 Å². The lowest BCUT2D eigenvalue weighted by Crippen LogP contribution is -2.52. The molecule has 3 aromatic rings. The Morgan fingerprint density at radius 2 is 1.68 bits per heavy atom. The summed E-state index contributed by atoms with van der Waals surface area (Å²) in [5.74, 6) is -0.810. The molecular formula is C41H49N9O3. The number of hydrogen-bond acceptors (Lipinski definition) is 10. The molecule has 0 aromatic heterocycles. The summed E-state index contributed by atoms with van der Waals surface area (Å²) in [6, 6.07) is 23.1. The van der Waals surface area contributed by atoms with Gasteiger partial charge in [-0.3, -0.25) is 24.7 Å². The van der Waals surface area contributed by atoms with Crippen LogP contribution in [0.3, 0.4) is 0 Å². The van der Waals surface area contributed by atoms with Crippen molar-refractivity contribution in [2.75, 3.05) is 45.8 Å². The first-order valence-corrected chi connectivity index (χ1v) is 19.1. The van der Waals surface area contributed by atoms with Gasteiger partial charge in [0, 0.05) is 90.9 Å². The molecule has 53 heavy (non-hydrogen) atoms. The summed E-state index contributed by atoms with van der Waals surface area (Å²) in [5, 5.41) is 17.1. The van der Waals surface area contributed by atoms with Crippen molar-refractivity contribution < 1.29 is 14.4 Å². The minimum atomic E-state index is -0.618. The first kappa shape index (κ1) is 34.6. The summed E-state index contributed by atoms with van der Waals surface area (Å²) in [4.78, 5) is 46.6. The number of rotatable bonds is 9. The SMILES string of the molecule is NC=C(C=NC1CCN(c2cccc(NC3CCCC(Nc4cccc5c4CN(C4CCC(=O)NC4=O)C5=O)C3)c2)CC1)C1CNc2ccccc2N1. The average molecular weight is 716 g/mol. The highest BCUT2D eigenvalue weighted by atomic mass is 16.2. The lowest BCUT2D eigenvalue weighted by atomic mass is 9.90. The van der Waals surface area contributed by atoms with Crippen LogP contribution in [0.1, 0.15) is 67.3 Å². The van der Waals surface area contributed by atoms with Gasteiger partial charge in [-0.1, -0.05) is 24.3 Å². The number of aliphatic imine (C=N–C) groups is 1. The van der Waals surface area contributed by atoms with Crippen molar-refractivity contribution in [2.24, 2.45) is 10.7 Å². The number of amides is 3. The maximum atomic E-state index is 13.3. The fraction of sp³-hybridized carbons (Fsp3) is 0.415. The quantitative estimate of drug-likeness (QED) is 0.132. The first-order chi connectivity index (χ1) is 25.9. The summed E-state index contributed by atoms with van der Waals surface area (Å²) in [7, 11) is 0. The number of hydrogen-bond donors (Lipinski definition) is 6. The Bertz CT molecular complexity index is 1920. The van der Waals surface area contributed by atoms with E-state index in [1.165, 1.54) is 5.69 Å². The average Bonchev–Trinajstić information content (AvgIpc) is 3.52. The van der Waals surface area contributed by atoms with Crippen molar-refractivity contribution in [1.29, 1.82) is 0 Å². The van der Waals surface area contributed by atoms with Crippen LogP contribution in [-0.2, 0) is 16.1 Å². The summed E-state index contributed by atoms with van der Waals surface area (Å²) in [5.41, 5.74) is 14.1. The molecule has 4 aliphatic heterocycles. The number of para-hydroxylation sites is 2. The fourth-order valence-electron chi connectivity index (χ4n) is 8.55. The maximum Gasteiger partial charge on any atom is 0.255 e. The van der Waals surface area contributed by atoms with Gasteiger partial charge in [0.15, 0.2) is 0 Å². The van der Waals surface area contributed by atoms with Crippen molar-refractivity contribution in [3.05, 3.63) is 89.6 Å².